The molecule has 0 bridgehead atoms. The van der Waals surface area contributed by atoms with Crippen molar-refractivity contribution >= 4 is 26.0 Å². The molecular formula is C14H14BrNO2S. The molecule has 0 aliphatic carbocycles. The summed E-state index contributed by atoms with van der Waals surface area (Å²) in [7, 11) is -3.48. The number of halogens is 1. The molecule has 2 rings (SSSR count). The normalized spacial score (nSPS) is 11.5. The van der Waals surface area contributed by atoms with E-state index in [9.17, 15) is 8.42 Å². The van der Waals surface area contributed by atoms with Gasteiger partial charge in [0, 0.05) is 11.0 Å². The number of hydrogen-bond donors (Lipinski definition) is 1. The molecule has 3 nitrogen and oxygen atoms in total. The summed E-state index contributed by atoms with van der Waals surface area (Å²) in [6.07, 6.45) is 0. The van der Waals surface area contributed by atoms with E-state index in [2.05, 4.69) is 20.7 Å². The van der Waals surface area contributed by atoms with Crippen LogP contribution in [0.1, 0.15) is 11.1 Å². The molecular weight excluding hydrogens is 326 g/mol. The van der Waals surface area contributed by atoms with Gasteiger partial charge in [-0.25, -0.2) is 13.1 Å². The van der Waals surface area contributed by atoms with E-state index < -0.39 is 10.0 Å². The van der Waals surface area contributed by atoms with Crippen molar-refractivity contribution in [1.82, 2.24) is 4.72 Å². The van der Waals surface area contributed by atoms with Gasteiger partial charge >= 0.3 is 0 Å². The van der Waals surface area contributed by atoms with Crippen molar-refractivity contribution in [3.8, 4) is 0 Å². The van der Waals surface area contributed by atoms with Crippen LogP contribution < -0.4 is 4.72 Å². The second kappa shape index (κ2) is 5.86. The lowest BCUT2D eigenvalue weighted by molar-refractivity contribution is 0.581. The summed E-state index contributed by atoms with van der Waals surface area (Å²) >= 11 is 3.34. The zero-order chi connectivity index (χ0) is 13.9. The highest BCUT2D eigenvalue weighted by Gasteiger charge is 2.14. The molecule has 1 N–H and O–H groups in total. The van der Waals surface area contributed by atoms with Gasteiger partial charge in [0.1, 0.15) is 0 Å². The Balaban J connectivity index is 2.16. The predicted octanol–water partition coefficient (Wildman–Crippen LogP) is 3.24. The Morgan fingerprint density at radius 3 is 2.42 bits per heavy atom. The van der Waals surface area contributed by atoms with Gasteiger partial charge in [-0.2, -0.15) is 0 Å². The fourth-order valence-corrected chi connectivity index (χ4v) is 3.17. The Morgan fingerprint density at radius 1 is 1.11 bits per heavy atom. The fourth-order valence-electron chi connectivity index (χ4n) is 1.60. The van der Waals surface area contributed by atoms with Crippen molar-refractivity contribution in [2.24, 2.45) is 0 Å². The molecule has 100 valence electrons. The molecule has 0 unspecified atom stereocenters. The molecule has 0 radical (unpaired) electrons. The van der Waals surface area contributed by atoms with Crippen molar-refractivity contribution in [3.63, 3.8) is 0 Å². The van der Waals surface area contributed by atoms with Crippen molar-refractivity contribution in [2.45, 2.75) is 18.4 Å². The van der Waals surface area contributed by atoms with E-state index in [-0.39, 0.29) is 11.4 Å². The van der Waals surface area contributed by atoms with E-state index in [0.29, 0.717) is 0 Å². The summed E-state index contributed by atoms with van der Waals surface area (Å²) in [5.41, 5.74) is 1.93. The smallest absolute Gasteiger partial charge is 0.207 e. The Hall–Kier alpha value is -1.17. The molecule has 19 heavy (non-hydrogen) atoms. The largest absolute Gasteiger partial charge is 0.240 e. The Labute approximate surface area is 121 Å². The number of aryl methyl sites for hydroxylation is 1. The zero-order valence-electron chi connectivity index (χ0n) is 10.4. The first-order valence-corrected chi connectivity index (χ1v) is 8.06. The maximum atomic E-state index is 12.1. The van der Waals surface area contributed by atoms with Crippen LogP contribution in [0.15, 0.2) is 57.9 Å². The summed E-state index contributed by atoms with van der Waals surface area (Å²) < 4.78 is 27.7. The van der Waals surface area contributed by atoms with Crippen molar-refractivity contribution < 1.29 is 8.42 Å². The molecule has 0 amide bonds. The predicted molar refractivity (Wildman–Crippen MR) is 79.3 cm³/mol. The second-order valence-corrected chi connectivity index (χ2v) is 6.84. The minimum absolute atomic E-state index is 0.265. The van der Waals surface area contributed by atoms with Crippen molar-refractivity contribution in [1.29, 1.82) is 0 Å². The summed E-state index contributed by atoms with van der Waals surface area (Å²) in [6, 6.07) is 14.4. The number of hydrogen-bond acceptors (Lipinski definition) is 2. The van der Waals surface area contributed by atoms with E-state index in [0.717, 1.165) is 15.6 Å². The molecule has 0 heterocycles. The van der Waals surface area contributed by atoms with Crippen molar-refractivity contribution in [2.75, 3.05) is 0 Å². The maximum absolute atomic E-state index is 12.1. The van der Waals surface area contributed by atoms with Gasteiger partial charge in [0.25, 0.3) is 0 Å². The summed E-state index contributed by atoms with van der Waals surface area (Å²) in [6.45, 7) is 2.20. The van der Waals surface area contributed by atoms with Crippen LogP contribution >= 0.6 is 15.9 Å². The Bertz CT molecular complexity index is 669. The number of benzene rings is 2. The van der Waals surface area contributed by atoms with Gasteiger partial charge in [0.2, 0.25) is 10.0 Å². The molecule has 0 aromatic heterocycles. The molecule has 0 aliphatic heterocycles. The quantitative estimate of drug-likeness (QED) is 0.929. The Kier molecular flexibility index (Phi) is 4.39. The first-order chi connectivity index (χ1) is 8.99. The monoisotopic (exact) mass is 339 g/mol. The van der Waals surface area contributed by atoms with Crippen LogP contribution in [0, 0.1) is 6.92 Å². The van der Waals surface area contributed by atoms with Crippen LogP contribution in [-0.2, 0) is 16.6 Å². The van der Waals surface area contributed by atoms with E-state index >= 15 is 0 Å². The second-order valence-electron chi connectivity index (χ2n) is 4.22. The minimum atomic E-state index is -3.48. The maximum Gasteiger partial charge on any atom is 0.240 e. The van der Waals surface area contributed by atoms with Crippen LogP contribution in [-0.4, -0.2) is 8.42 Å². The lowest BCUT2D eigenvalue weighted by atomic mass is 10.2. The molecule has 0 atom stereocenters. The van der Waals surface area contributed by atoms with Crippen molar-refractivity contribution in [3.05, 3.63) is 64.1 Å². The fraction of sp³-hybridized carbons (Fsp3) is 0.143. The van der Waals surface area contributed by atoms with E-state index in [4.69, 9.17) is 0 Å². The lowest BCUT2D eigenvalue weighted by Gasteiger charge is -2.08. The van der Waals surface area contributed by atoms with Gasteiger partial charge < -0.3 is 0 Å². The van der Waals surface area contributed by atoms with E-state index in [1.165, 1.54) is 0 Å². The first kappa shape index (κ1) is 14.2. The van der Waals surface area contributed by atoms with Gasteiger partial charge in [0.05, 0.1) is 4.90 Å². The van der Waals surface area contributed by atoms with Gasteiger partial charge in [0.15, 0.2) is 0 Å². The molecule has 2 aromatic carbocycles. The third kappa shape index (κ3) is 3.65. The molecule has 2 aromatic rings. The third-order valence-corrected chi connectivity index (χ3v) is 5.02. The average molecular weight is 340 g/mol. The first-order valence-electron chi connectivity index (χ1n) is 5.79. The van der Waals surface area contributed by atoms with Crippen LogP contribution in [0.2, 0.25) is 0 Å². The van der Waals surface area contributed by atoms with Gasteiger partial charge in [-0.05, 0) is 30.2 Å². The molecule has 0 fully saturated rings. The van der Waals surface area contributed by atoms with Crippen LogP contribution in [0.25, 0.3) is 0 Å². The zero-order valence-corrected chi connectivity index (χ0v) is 12.8. The summed E-state index contributed by atoms with van der Waals surface area (Å²) in [5, 5.41) is 0. The number of rotatable bonds is 4. The highest BCUT2D eigenvalue weighted by atomic mass is 79.9. The number of sulfonamides is 1. The van der Waals surface area contributed by atoms with Crippen LogP contribution in [0.4, 0.5) is 0 Å². The van der Waals surface area contributed by atoms with Crippen LogP contribution in [0.3, 0.4) is 0 Å². The minimum Gasteiger partial charge on any atom is -0.207 e. The summed E-state index contributed by atoms with van der Waals surface area (Å²) in [5.74, 6) is 0. The highest BCUT2D eigenvalue weighted by Crippen LogP contribution is 2.20. The molecule has 0 aliphatic rings. The van der Waals surface area contributed by atoms with Gasteiger partial charge in [-0.1, -0.05) is 52.3 Å². The van der Waals surface area contributed by atoms with E-state index in [1.807, 2.05) is 37.3 Å². The topological polar surface area (TPSA) is 46.2 Å². The van der Waals surface area contributed by atoms with E-state index in [1.54, 1.807) is 18.2 Å². The SMILES string of the molecule is Cc1ccc(S(=O)(=O)NCc2ccccc2)cc1Br. The van der Waals surface area contributed by atoms with Crippen LogP contribution in [0.5, 0.6) is 0 Å². The third-order valence-electron chi connectivity index (χ3n) is 2.76. The molecule has 5 heteroatoms. The standard InChI is InChI=1S/C14H14BrNO2S/c1-11-7-8-13(9-14(11)15)19(17,18)16-10-12-5-3-2-4-6-12/h2-9,16H,10H2,1H3. The van der Waals surface area contributed by atoms with Gasteiger partial charge in [-0.3, -0.25) is 0 Å². The number of nitrogens with one attached hydrogen (secondary N) is 1. The van der Waals surface area contributed by atoms with Gasteiger partial charge in [-0.15, -0.1) is 0 Å². The average Bonchev–Trinajstić information content (AvgIpc) is 2.41. The summed E-state index contributed by atoms with van der Waals surface area (Å²) in [4.78, 5) is 0.265. The molecule has 0 spiro atoms. The lowest BCUT2D eigenvalue weighted by Crippen LogP contribution is -2.23. The molecule has 0 saturated heterocycles. The highest BCUT2D eigenvalue weighted by molar-refractivity contribution is 9.10. The Morgan fingerprint density at radius 2 is 1.79 bits per heavy atom. The molecule has 0 saturated carbocycles.